The third-order valence-corrected chi connectivity index (χ3v) is 3.38. The Kier molecular flexibility index (Phi) is 5.89. The molecule has 6 heteroatoms. The van der Waals surface area contributed by atoms with Crippen LogP contribution in [0.3, 0.4) is 0 Å². The van der Waals surface area contributed by atoms with Gasteiger partial charge in [-0.25, -0.2) is 4.98 Å². The third kappa shape index (κ3) is 4.81. The molecule has 24 heavy (non-hydrogen) atoms. The first-order valence-corrected chi connectivity index (χ1v) is 7.67. The van der Waals surface area contributed by atoms with Crippen LogP contribution in [-0.2, 0) is 11.3 Å². The van der Waals surface area contributed by atoms with Gasteiger partial charge < -0.3 is 15.4 Å². The molecule has 6 nitrogen and oxygen atoms in total. The summed E-state index contributed by atoms with van der Waals surface area (Å²) in [5.74, 6) is 0.570. The summed E-state index contributed by atoms with van der Waals surface area (Å²) in [5, 5.41) is 5.51. The number of hydrogen-bond donors (Lipinski definition) is 2. The number of hydrogen-bond acceptors (Lipinski definition) is 4. The molecule has 0 bridgehead atoms. The molecule has 2 aromatic rings. The van der Waals surface area contributed by atoms with Crippen molar-refractivity contribution >= 4 is 17.6 Å². The first kappa shape index (κ1) is 17.5. The van der Waals surface area contributed by atoms with Crippen molar-refractivity contribution in [3.8, 4) is 5.75 Å². The van der Waals surface area contributed by atoms with Crippen LogP contribution < -0.4 is 15.4 Å². The lowest BCUT2D eigenvalue weighted by Crippen LogP contribution is -2.23. The maximum absolute atomic E-state index is 12.3. The van der Waals surface area contributed by atoms with Gasteiger partial charge in [0.05, 0.1) is 7.11 Å². The molecule has 0 aliphatic carbocycles. The molecule has 0 fully saturated rings. The Morgan fingerprint density at radius 2 is 2.00 bits per heavy atom. The SMILES string of the molecule is COc1cccc(CNC(=O)c2ccnc(NC(=O)C(C)C)c2)c1. The topological polar surface area (TPSA) is 80.3 Å². The highest BCUT2D eigenvalue weighted by molar-refractivity contribution is 5.96. The standard InChI is InChI=1S/C18H21N3O3/c1-12(2)17(22)21-16-10-14(7-8-19-16)18(23)20-11-13-5-4-6-15(9-13)24-3/h4-10,12H,11H2,1-3H3,(H,20,23)(H,19,21,22). The molecule has 0 aliphatic rings. The van der Waals surface area contributed by atoms with Gasteiger partial charge in [0.2, 0.25) is 5.91 Å². The molecular weight excluding hydrogens is 306 g/mol. The van der Waals surface area contributed by atoms with Crippen LogP contribution in [0.4, 0.5) is 5.82 Å². The van der Waals surface area contributed by atoms with Crippen molar-refractivity contribution < 1.29 is 14.3 Å². The van der Waals surface area contributed by atoms with Crippen molar-refractivity contribution in [2.45, 2.75) is 20.4 Å². The van der Waals surface area contributed by atoms with Crippen molar-refractivity contribution in [2.24, 2.45) is 5.92 Å². The fourth-order valence-corrected chi connectivity index (χ4v) is 1.98. The summed E-state index contributed by atoms with van der Waals surface area (Å²) >= 11 is 0. The third-order valence-electron chi connectivity index (χ3n) is 3.38. The van der Waals surface area contributed by atoms with Gasteiger partial charge in [0.1, 0.15) is 11.6 Å². The number of rotatable bonds is 6. The number of nitrogens with one attached hydrogen (secondary N) is 2. The van der Waals surface area contributed by atoms with Gasteiger partial charge in [0.25, 0.3) is 5.91 Å². The molecule has 0 radical (unpaired) electrons. The quantitative estimate of drug-likeness (QED) is 0.854. The lowest BCUT2D eigenvalue weighted by atomic mass is 10.2. The van der Waals surface area contributed by atoms with Gasteiger partial charge in [-0.2, -0.15) is 0 Å². The van der Waals surface area contributed by atoms with E-state index in [-0.39, 0.29) is 17.7 Å². The van der Waals surface area contributed by atoms with Crippen molar-refractivity contribution in [3.63, 3.8) is 0 Å². The Bertz CT molecular complexity index is 729. The molecular formula is C18H21N3O3. The molecule has 0 saturated heterocycles. The monoisotopic (exact) mass is 327 g/mol. The number of aromatic nitrogens is 1. The molecule has 126 valence electrons. The molecule has 1 aromatic carbocycles. The second-order valence-corrected chi connectivity index (χ2v) is 5.61. The van der Waals surface area contributed by atoms with Crippen molar-refractivity contribution in [3.05, 3.63) is 53.7 Å². The zero-order chi connectivity index (χ0) is 17.5. The zero-order valence-corrected chi connectivity index (χ0v) is 14.0. The normalized spacial score (nSPS) is 10.3. The summed E-state index contributed by atoms with van der Waals surface area (Å²) in [6.07, 6.45) is 1.50. The van der Waals surface area contributed by atoms with Crippen LogP contribution in [0.25, 0.3) is 0 Å². The second-order valence-electron chi connectivity index (χ2n) is 5.61. The first-order chi connectivity index (χ1) is 11.5. The van der Waals surface area contributed by atoms with E-state index >= 15 is 0 Å². The lowest BCUT2D eigenvalue weighted by Gasteiger charge is -2.09. The number of amides is 2. The molecule has 0 unspecified atom stereocenters. The summed E-state index contributed by atoms with van der Waals surface area (Å²) in [6, 6.07) is 10.6. The minimum atomic E-state index is -0.236. The molecule has 0 aliphatic heterocycles. The minimum absolute atomic E-state index is 0.142. The van der Waals surface area contributed by atoms with E-state index in [1.54, 1.807) is 33.1 Å². The summed E-state index contributed by atoms with van der Waals surface area (Å²) in [6.45, 7) is 3.96. The molecule has 0 atom stereocenters. The van der Waals surface area contributed by atoms with Gasteiger partial charge in [0, 0.05) is 24.2 Å². The van der Waals surface area contributed by atoms with Gasteiger partial charge in [-0.1, -0.05) is 26.0 Å². The maximum Gasteiger partial charge on any atom is 0.251 e. The fraction of sp³-hybridized carbons (Fsp3) is 0.278. The van der Waals surface area contributed by atoms with E-state index in [9.17, 15) is 9.59 Å². The Morgan fingerprint density at radius 3 is 2.71 bits per heavy atom. The number of carbonyl (C=O) groups is 2. The summed E-state index contributed by atoms with van der Waals surface area (Å²) in [7, 11) is 1.60. The predicted octanol–water partition coefficient (Wildman–Crippen LogP) is 2.61. The van der Waals surface area contributed by atoms with E-state index in [4.69, 9.17) is 4.74 Å². The molecule has 1 aromatic heterocycles. The van der Waals surface area contributed by atoms with Crippen LogP contribution in [0, 0.1) is 5.92 Å². The van der Waals surface area contributed by atoms with Crippen LogP contribution in [-0.4, -0.2) is 23.9 Å². The fourth-order valence-electron chi connectivity index (χ4n) is 1.98. The number of ether oxygens (including phenoxy) is 1. The molecule has 2 amide bonds. The van der Waals surface area contributed by atoms with Crippen LogP contribution in [0.5, 0.6) is 5.75 Å². The maximum atomic E-state index is 12.3. The average Bonchev–Trinajstić information content (AvgIpc) is 2.60. The van der Waals surface area contributed by atoms with E-state index in [1.807, 2.05) is 24.3 Å². The van der Waals surface area contributed by atoms with Crippen LogP contribution in [0.15, 0.2) is 42.6 Å². The van der Waals surface area contributed by atoms with Gasteiger partial charge >= 0.3 is 0 Å². The van der Waals surface area contributed by atoms with E-state index in [0.29, 0.717) is 17.9 Å². The average molecular weight is 327 g/mol. The van der Waals surface area contributed by atoms with Gasteiger partial charge in [-0.3, -0.25) is 9.59 Å². The molecule has 0 saturated carbocycles. The highest BCUT2D eigenvalue weighted by Crippen LogP contribution is 2.13. The van der Waals surface area contributed by atoms with Gasteiger partial charge in [0.15, 0.2) is 0 Å². The number of carbonyl (C=O) groups excluding carboxylic acids is 2. The van der Waals surface area contributed by atoms with Gasteiger partial charge in [-0.15, -0.1) is 0 Å². The second kappa shape index (κ2) is 8.10. The number of benzene rings is 1. The zero-order valence-electron chi connectivity index (χ0n) is 14.0. The molecule has 1 heterocycles. The number of methoxy groups -OCH3 is 1. The first-order valence-electron chi connectivity index (χ1n) is 7.67. The minimum Gasteiger partial charge on any atom is -0.497 e. The number of nitrogens with zero attached hydrogens (tertiary/aromatic N) is 1. The van der Waals surface area contributed by atoms with Crippen LogP contribution in [0.2, 0.25) is 0 Å². The Morgan fingerprint density at radius 1 is 1.21 bits per heavy atom. The summed E-state index contributed by atoms with van der Waals surface area (Å²) in [5.41, 5.74) is 1.37. The largest absolute Gasteiger partial charge is 0.497 e. The highest BCUT2D eigenvalue weighted by atomic mass is 16.5. The van der Waals surface area contributed by atoms with Crippen LogP contribution >= 0.6 is 0 Å². The Hall–Kier alpha value is -2.89. The van der Waals surface area contributed by atoms with E-state index in [0.717, 1.165) is 11.3 Å². The number of pyridine rings is 1. The highest BCUT2D eigenvalue weighted by Gasteiger charge is 2.11. The van der Waals surface area contributed by atoms with Crippen LogP contribution in [0.1, 0.15) is 29.8 Å². The van der Waals surface area contributed by atoms with Crippen molar-refractivity contribution in [2.75, 3.05) is 12.4 Å². The van der Waals surface area contributed by atoms with E-state index in [2.05, 4.69) is 15.6 Å². The van der Waals surface area contributed by atoms with Crippen molar-refractivity contribution in [1.29, 1.82) is 0 Å². The van der Waals surface area contributed by atoms with E-state index in [1.165, 1.54) is 6.20 Å². The number of anilines is 1. The predicted molar refractivity (Wildman–Crippen MR) is 91.9 cm³/mol. The summed E-state index contributed by atoms with van der Waals surface area (Å²) < 4.78 is 5.16. The van der Waals surface area contributed by atoms with E-state index < -0.39 is 0 Å². The summed E-state index contributed by atoms with van der Waals surface area (Å²) in [4.78, 5) is 28.0. The van der Waals surface area contributed by atoms with Gasteiger partial charge in [-0.05, 0) is 29.8 Å². The smallest absolute Gasteiger partial charge is 0.251 e. The lowest BCUT2D eigenvalue weighted by molar-refractivity contribution is -0.118. The molecule has 2 rings (SSSR count). The Labute approximate surface area is 141 Å². The van der Waals surface area contributed by atoms with Crippen molar-refractivity contribution in [1.82, 2.24) is 10.3 Å². The molecule has 0 spiro atoms. The molecule has 2 N–H and O–H groups in total. The Balaban J connectivity index is 2.00.